The number of hydrogen-bond donors (Lipinski definition) is 1. The molecule has 3 heteroatoms. The number of benzene rings is 1. The van der Waals surface area contributed by atoms with Crippen LogP contribution in [0.5, 0.6) is 0 Å². The zero-order valence-electron chi connectivity index (χ0n) is 7.18. The molecule has 1 N–H and O–H groups in total. The van der Waals surface area contributed by atoms with Crippen molar-refractivity contribution in [2.45, 2.75) is 18.9 Å². The molecule has 2 nitrogen and oxygen atoms in total. The van der Waals surface area contributed by atoms with E-state index in [9.17, 15) is 9.90 Å². The molecule has 0 heterocycles. The van der Waals surface area contributed by atoms with E-state index in [-0.39, 0.29) is 4.68 Å². The minimum atomic E-state index is -0.833. The standard InChI is InChI=1S/C10H12O2Se/c11-9(10(12)13)7-6-8-4-2-1-3-5-8/h1-5,9,11H,6-7H2,(H,12,13). The van der Waals surface area contributed by atoms with Gasteiger partial charge in [0.05, 0.1) is 0 Å². The van der Waals surface area contributed by atoms with Crippen molar-refractivity contribution >= 4 is 20.7 Å². The summed E-state index contributed by atoms with van der Waals surface area (Å²) >= 11 is 1.85. The van der Waals surface area contributed by atoms with E-state index in [1.807, 2.05) is 46.3 Å². The molecule has 70 valence electrons. The monoisotopic (exact) mass is 244 g/mol. The maximum atomic E-state index is 10.7. The molecule has 0 aliphatic heterocycles. The quantitative estimate of drug-likeness (QED) is 0.777. The van der Waals surface area contributed by atoms with Crippen LogP contribution in [0, 0.1) is 0 Å². The Morgan fingerprint density at radius 1 is 1.38 bits per heavy atom. The summed E-state index contributed by atoms with van der Waals surface area (Å²) in [5.74, 6) is 0. The van der Waals surface area contributed by atoms with Gasteiger partial charge in [0.2, 0.25) is 0 Å². The fourth-order valence-corrected chi connectivity index (χ4v) is 1.34. The van der Waals surface area contributed by atoms with Gasteiger partial charge >= 0.3 is 85.4 Å². The first-order valence-corrected chi connectivity index (χ1v) is 5.09. The number of aliphatic hydroxyl groups is 1. The molecule has 0 amide bonds. The third kappa shape index (κ3) is 3.72. The van der Waals surface area contributed by atoms with E-state index < -0.39 is 6.10 Å². The molecule has 0 saturated heterocycles. The molecule has 0 aliphatic carbocycles. The van der Waals surface area contributed by atoms with Crippen molar-refractivity contribution in [3.05, 3.63) is 35.9 Å². The van der Waals surface area contributed by atoms with Crippen molar-refractivity contribution in [3.8, 4) is 0 Å². The summed E-state index contributed by atoms with van der Waals surface area (Å²) in [5.41, 5.74) is 1.15. The van der Waals surface area contributed by atoms with Crippen LogP contribution in [0.2, 0.25) is 0 Å². The van der Waals surface area contributed by atoms with Gasteiger partial charge in [0.25, 0.3) is 0 Å². The second-order valence-electron chi connectivity index (χ2n) is 2.88. The molecule has 1 unspecified atom stereocenters. The van der Waals surface area contributed by atoms with E-state index in [2.05, 4.69) is 0 Å². The number of aryl methyl sites for hydroxylation is 1. The summed E-state index contributed by atoms with van der Waals surface area (Å²) in [6.45, 7) is 0. The molecule has 13 heavy (non-hydrogen) atoms. The van der Waals surface area contributed by atoms with Crippen LogP contribution in [0.15, 0.2) is 30.3 Å². The average molecular weight is 243 g/mol. The van der Waals surface area contributed by atoms with Crippen LogP contribution >= 0.6 is 0 Å². The molecule has 0 saturated carbocycles. The predicted octanol–water partition coefficient (Wildman–Crippen LogP) is 0.407. The number of hydrogen-bond acceptors (Lipinski definition) is 2. The van der Waals surface area contributed by atoms with Gasteiger partial charge in [0, 0.05) is 0 Å². The van der Waals surface area contributed by atoms with Gasteiger partial charge in [0.15, 0.2) is 0 Å². The molecule has 1 aromatic rings. The van der Waals surface area contributed by atoms with E-state index in [1.165, 1.54) is 0 Å². The molecule has 1 aromatic carbocycles. The predicted molar refractivity (Wildman–Crippen MR) is 52.9 cm³/mol. The normalized spacial score (nSPS) is 12.5. The first-order chi connectivity index (χ1) is 6.20. The van der Waals surface area contributed by atoms with Crippen molar-refractivity contribution < 1.29 is 9.90 Å². The fraction of sp³-hybridized carbons (Fsp3) is 0.300. The van der Waals surface area contributed by atoms with Gasteiger partial charge in [-0.25, -0.2) is 0 Å². The Hall–Kier alpha value is -0.631. The Kier molecular flexibility index (Phi) is 4.16. The van der Waals surface area contributed by atoms with E-state index in [1.54, 1.807) is 0 Å². The van der Waals surface area contributed by atoms with Crippen LogP contribution in [0.4, 0.5) is 0 Å². The molecular weight excluding hydrogens is 231 g/mol. The van der Waals surface area contributed by atoms with Crippen LogP contribution in [0.25, 0.3) is 0 Å². The Balaban J connectivity index is 2.39. The third-order valence-electron chi connectivity index (χ3n) is 1.83. The van der Waals surface area contributed by atoms with Gasteiger partial charge in [0.1, 0.15) is 0 Å². The molecule has 0 radical (unpaired) electrons. The summed E-state index contributed by atoms with van der Waals surface area (Å²) in [5, 5.41) is 9.22. The van der Waals surface area contributed by atoms with Crippen LogP contribution in [0.3, 0.4) is 0 Å². The van der Waals surface area contributed by atoms with E-state index in [0.29, 0.717) is 6.42 Å². The first-order valence-electron chi connectivity index (χ1n) is 4.15. The topological polar surface area (TPSA) is 37.3 Å². The SMILES string of the molecule is O=C([SeH])C(O)CCc1ccccc1. The Labute approximate surface area is 85.8 Å². The van der Waals surface area contributed by atoms with Gasteiger partial charge in [-0.05, 0) is 0 Å². The van der Waals surface area contributed by atoms with Crippen LogP contribution in [0.1, 0.15) is 12.0 Å². The van der Waals surface area contributed by atoms with Gasteiger partial charge in [-0.1, -0.05) is 0 Å². The van der Waals surface area contributed by atoms with Crippen LogP contribution in [-0.2, 0) is 11.2 Å². The zero-order chi connectivity index (χ0) is 9.68. The van der Waals surface area contributed by atoms with Crippen molar-refractivity contribution in [2.75, 3.05) is 0 Å². The van der Waals surface area contributed by atoms with Crippen molar-refractivity contribution in [2.24, 2.45) is 0 Å². The summed E-state index contributed by atoms with van der Waals surface area (Å²) in [6, 6.07) is 9.82. The molecule has 0 aromatic heterocycles. The third-order valence-corrected chi connectivity index (χ3v) is 2.46. The van der Waals surface area contributed by atoms with Gasteiger partial charge in [-0.2, -0.15) is 0 Å². The first kappa shape index (κ1) is 10.5. The minimum absolute atomic E-state index is 0.219. The Bertz CT molecular complexity index is 272. The van der Waals surface area contributed by atoms with Gasteiger partial charge in [-0.15, -0.1) is 0 Å². The van der Waals surface area contributed by atoms with Gasteiger partial charge in [-0.3, -0.25) is 0 Å². The summed E-state index contributed by atoms with van der Waals surface area (Å²) < 4.78 is -0.219. The zero-order valence-corrected chi connectivity index (χ0v) is 9.06. The molecule has 0 spiro atoms. The van der Waals surface area contributed by atoms with Crippen molar-refractivity contribution in [3.63, 3.8) is 0 Å². The molecular formula is C10H12O2Se. The number of carbonyl (C=O) groups excluding carboxylic acids is 1. The average Bonchev–Trinajstić information content (AvgIpc) is 2.15. The second-order valence-corrected chi connectivity index (χ2v) is 3.80. The maximum absolute atomic E-state index is 10.7. The van der Waals surface area contributed by atoms with Crippen molar-refractivity contribution in [1.29, 1.82) is 0 Å². The van der Waals surface area contributed by atoms with Crippen LogP contribution < -0.4 is 0 Å². The fourth-order valence-electron chi connectivity index (χ4n) is 1.07. The van der Waals surface area contributed by atoms with E-state index in [4.69, 9.17) is 0 Å². The summed E-state index contributed by atoms with van der Waals surface area (Å²) in [7, 11) is 0. The van der Waals surface area contributed by atoms with E-state index in [0.717, 1.165) is 12.0 Å². The Morgan fingerprint density at radius 3 is 2.54 bits per heavy atom. The van der Waals surface area contributed by atoms with E-state index >= 15 is 0 Å². The second kappa shape index (κ2) is 5.18. The van der Waals surface area contributed by atoms with Crippen LogP contribution in [-0.4, -0.2) is 31.9 Å². The number of carbonyl (C=O) groups is 1. The number of rotatable bonds is 4. The molecule has 0 bridgehead atoms. The number of aliphatic hydroxyl groups excluding tert-OH is 1. The molecule has 1 atom stereocenters. The van der Waals surface area contributed by atoms with Crippen molar-refractivity contribution in [1.82, 2.24) is 0 Å². The summed E-state index contributed by atoms with van der Waals surface area (Å²) in [4.78, 5) is 10.7. The molecule has 0 aliphatic rings. The molecule has 1 rings (SSSR count). The Morgan fingerprint density at radius 2 is 2.00 bits per heavy atom. The summed E-state index contributed by atoms with van der Waals surface area (Å²) in [6.07, 6.45) is 0.406. The molecule has 0 fully saturated rings. The van der Waals surface area contributed by atoms with Gasteiger partial charge < -0.3 is 0 Å².